The van der Waals surface area contributed by atoms with Crippen molar-refractivity contribution in [1.82, 2.24) is 9.47 Å². The largest absolute Gasteiger partial charge is 0.380 e. The summed E-state index contributed by atoms with van der Waals surface area (Å²) in [6, 6.07) is 10.1. The van der Waals surface area contributed by atoms with Gasteiger partial charge in [-0.2, -0.15) is 0 Å². The average Bonchev–Trinajstić information content (AvgIpc) is 3.29. The lowest BCUT2D eigenvalue weighted by Gasteiger charge is -2.32. The molecule has 1 saturated heterocycles. The Morgan fingerprint density at radius 3 is 2.77 bits per heavy atom. The van der Waals surface area contributed by atoms with E-state index in [9.17, 15) is 9.59 Å². The third-order valence-corrected chi connectivity index (χ3v) is 6.88. The van der Waals surface area contributed by atoms with Crippen molar-refractivity contribution in [3.8, 4) is 0 Å². The summed E-state index contributed by atoms with van der Waals surface area (Å²) < 4.78 is 7.95. The maximum atomic E-state index is 12.3. The SMILES string of the molecule is COC1CCCN(CCn2c3ccc(C(C)=O)cc3c3c4c(ccc32)C(=O)CC4)C1. The first-order chi connectivity index (χ1) is 14.6. The van der Waals surface area contributed by atoms with Crippen LogP contribution in [0.5, 0.6) is 0 Å². The molecule has 2 heterocycles. The summed E-state index contributed by atoms with van der Waals surface area (Å²) in [4.78, 5) is 26.9. The van der Waals surface area contributed by atoms with Crippen LogP contribution in [0.15, 0.2) is 30.3 Å². The first-order valence-corrected chi connectivity index (χ1v) is 10.9. The second-order valence-corrected chi connectivity index (χ2v) is 8.65. The van der Waals surface area contributed by atoms with Crippen molar-refractivity contribution in [1.29, 1.82) is 0 Å². The fourth-order valence-electron chi connectivity index (χ4n) is 5.27. The first kappa shape index (κ1) is 19.5. The van der Waals surface area contributed by atoms with Crippen molar-refractivity contribution in [2.45, 2.75) is 45.3 Å². The second kappa shape index (κ2) is 7.64. The molecule has 30 heavy (non-hydrogen) atoms. The molecule has 5 nitrogen and oxygen atoms in total. The van der Waals surface area contributed by atoms with E-state index in [1.54, 1.807) is 14.0 Å². The number of methoxy groups -OCH3 is 1. The van der Waals surface area contributed by atoms with Crippen LogP contribution in [0.2, 0.25) is 0 Å². The summed E-state index contributed by atoms with van der Waals surface area (Å²) in [5, 5.41) is 2.25. The number of benzene rings is 2. The molecular weight excluding hydrogens is 376 g/mol. The molecule has 1 aliphatic carbocycles. The molecule has 0 N–H and O–H groups in total. The van der Waals surface area contributed by atoms with Gasteiger partial charge in [0.2, 0.25) is 0 Å². The van der Waals surface area contributed by atoms with E-state index in [2.05, 4.69) is 21.6 Å². The molecule has 5 rings (SSSR count). The second-order valence-electron chi connectivity index (χ2n) is 8.65. The fourth-order valence-corrected chi connectivity index (χ4v) is 5.27. The maximum Gasteiger partial charge on any atom is 0.163 e. The number of fused-ring (bicyclic) bond motifs is 5. The van der Waals surface area contributed by atoms with E-state index < -0.39 is 0 Å². The number of piperidine rings is 1. The van der Waals surface area contributed by atoms with Gasteiger partial charge in [-0.3, -0.25) is 14.5 Å². The van der Waals surface area contributed by atoms with Crippen molar-refractivity contribution < 1.29 is 14.3 Å². The summed E-state index contributed by atoms with van der Waals surface area (Å²) >= 11 is 0. The highest BCUT2D eigenvalue weighted by Gasteiger charge is 2.25. The Hall–Kier alpha value is -2.50. The zero-order valence-corrected chi connectivity index (χ0v) is 17.7. The normalized spacial score (nSPS) is 19.7. The lowest BCUT2D eigenvalue weighted by molar-refractivity contribution is 0.0305. The lowest BCUT2D eigenvalue weighted by Crippen LogP contribution is -2.40. The van der Waals surface area contributed by atoms with E-state index in [1.165, 1.54) is 11.9 Å². The molecule has 2 aliphatic rings. The van der Waals surface area contributed by atoms with Crippen LogP contribution in [-0.2, 0) is 17.7 Å². The highest BCUT2D eigenvalue weighted by Crippen LogP contribution is 2.37. The molecule has 0 radical (unpaired) electrons. The van der Waals surface area contributed by atoms with E-state index in [0.717, 1.165) is 72.0 Å². The van der Waals surface area contributed by atoms with Crippen LogP contribution < -0.4 is 0 Å². The Bertz CT molecular complexity index is 1160. The van der Waals surface area contributed by atoms with Crippen molar-refractivity contribution in [3.63, 3.8) is 0 Å². The van der Waals surface area contributed by atoms with Gasteiger partial charge in [0, 0.05) is 66.1 Å². The predicted molar refractivity (Wildman–Crippen MR) is 119 cm³/mol. The van der Waals surface area contributed by atoms with Crippen LogP contribution in [0.4, 0.5) is 0 Å². The number of hydrogen-bond donors (Lipinski definition) is 0. The van der Waals surface area contributed by atoms with Gasteiger partial charge in [-0.1, -0.05) is 0 Å². The maximum absolute atomic E-state index is 12.3. The first-order valence-electron chi connectivity index (χ1n) is 10.9. The standard InChI is InChI=1S/C25H28N2O3/c1-16(28)17-5-8-22-21(14-17)25-20-7-10-24(29)19(20)6-9-23(25)27(22)13-12-26-11-3-4-18(15-26)30-2/h5-6,8-9,14,18H,3-4,7,10-13,15H2,1-2H3. The minimum atomic E-state index is 0.0698. The average molecular weight is 405 g/mol. The summed E-state index contributed by atoms with van der Waals surface area (Å²) in [6.45, 7) is 5.53. The monoisotopic (exact) mass is 404 g/mol. The van der Waals surface area contributed by atoms with Crippen LogP contribution >= 0.6 is 0 Å². The van der Waals surface area contributed by atoms with E-state index in [4.69, 9.17) is 4.74 Å². The molecule has 3 aromatic rings. The number of Topliss-reactive ketones (excluding diaryl/α,β-unsaturated/α-hetero) is 2. The summed E-state index contributed by atoms with van der Waals surface area (Å²) in [6.07, 6.45) is 4.00. The number of rotatable bonds is 5. The van der Waals surface area contributed by atoms with E-state index in [0.29, 0.717) is 12.5 Å². The molecule has 1 aromatic heterocycles. The van der Waals surface area contributed by atoms with Crippen molar-refractivity contribution in [3.05, 3.63) is 47.0 Å². The Morgan fingerprint density at radius 2 is 1.97 bits per heavy atom. The number of nitrogens with zero attached hydrogens (tertiary/aromatic N) is 2. The highest BCUT2D eigenvalue weighted by atomic mass is 16.5. The van der Waals surface area contributed by atoms with Gasteiger partial charge >= 0.3 is 0 Å². The zero-order valence-electron chi connectivity index (χ0n) is 17.7. The van der Waals surface area contributed by atoms with Gasteiger partial charge in [-0.25, -0.2) is 0 Å². The number of aromatic nitrogens is 1. The summed E-state index contributed by atoms with van der Waals surface area (Å²) in [5.41, 5.74) is 5.04. The highest BCUT2D eigenvalue weighted by molar-refractivity contribution is 6.16. The number of aryl methyl sites for hydroxylation is 1. The number of hydrogen-bond acceptors (Lipinski definition) is 4. The number of carbonyl (C=O) groups is 2. The Morgan fingerprint density at radius 1 is 1.13 bits per heavy atom. The number of ether oxygens (including phenoxy) is 1. The molecule has 1 unspecified atom stereocenters. The van der Waals surface area contributed by atoms with Gasteiger partial charge in [-0.05, 0) is 68.6 Å². The number of likely N-dealkylation sites (tertiary alicyclic amines) is 1. The molecule has 1 atom stereocenters. The van der Waals surface area contributed by atoms with Gasteiger partial charge in [0.1, 0.15) is 0 Å². The van der Waals surface area contributed by atoms with Crippen LogP contribution in [-0.4, -0.2) is 53.9 Å². The summed E-state index contributed by atoms with van der Waals surface area (Å²) in [5.74, 6) is 0.301. The molecule has 1 fully saturated rings. The number of ketones is 2. The third-order valence-electron chi connectivity index (χ3n) is 6.88. The minimum absolute atomic E-state index is 0.0698. The predicted octanol–water partition coefficient (Wildman–Crippen LogP) is 4.24. The van der Waals surface area contributed by atoms with E-state index in [-0.39, 0.29) is 11.6 Å². The quantitative estimate of drug-likeness (QED) is 0.597. The third kappa shape index (κ3) is 3.17. The van der Waals surface area contributed by atoms with Gasteiger partial charge in [0.15, 0.2) is 11.6 Å². The van der Waals surface area contributed by atoms with E-state index >= 15 is 0 Å². The molecule has 0 spiro atoms. The molecule has 0 saturated carbocycles. The van der Waals surface area contributed by atoms with Crippen LogP contribution in [0, 0.1) is 0 Å². The Balaban J connectivity index is 1.60. The minimum Gasteiger partial charge on any atom is -0.380 e. The Kier molecular flexibility index (Phi) is 4.95. The molecule has 2 aromatic carbocycles. The van der Waals surface area contributed by atoms with Gasteiger partial charge < -0.3 is 9.30 Å². The molecule has 1 aliphatic heterocycles. The Labute approximate surface area is 176 Å². The molecule has 0 bridgehead atoms. The van der Waals surface area contributed by atoms with Crippen LogP contribution in [0.3, 0.4) is 0 Å². The van der Waals surface area contributed by atoms with Gasteiger partial charge in [0.25, 0.3) is 0 Å². The van der Waals surface area contributed by atoms with Crippen molar-refractivity contribution in [2.24, 2.45) is 0 Å². The van der Waals surface area contributed by atoms with Gasteiger partial charge in [-0.15, -0.1) is 0 Å². The smallest absolute Gasteiger partial charge is 0.163 e. The molecular formula is C25H28N2O3. The van der Waals surface area contributed by atoms with Crippen LogP contribution in [0.25, 0.3) is 21.8 Å². The van der Waals surface area contributed by atoms with Crippen molar-refractivity contribution >= 4 is 33.4 Å². The fraction of sp³-hybridized carbons (Fsp3) is 0.440. The number of carbonyl (C=O) groups excluding carboxylic acids is 2. The molecule has 5 heteroatoms. The molecule has 156 valence electrons. The lowest BCUT2D eigenvalue weighted by atomic mass is 10.0. The zero-order chi connectivity index (χ0) is 20.8. The summed E-state index contributed by atoms with van der Waals surface area (Å²) in [7, 11) is 1.80. The topological polar surface area (TPSA) is 51.5 Å². The van der Waals surface area contributed by atoms with Crippen molar-refractivity contribution in [2.75, 3.05) is 26.7 Å². The molecule has 0 amide bonds. The van der Waals surface area contributed by atoms with Crippen LogP contribution in [0.1, 0.15) is 52.5 Å². The van der Waals surface area contributed by atoms with E-state index in [1.807, 2.05) is 18.2 Å². The van der Waals surface area contributed by atoms with Gasteiger partial charge in [0.05, 0.1) is 6.10 Å².